The summed E-state index contributed by atoms with van der Waals surface area (Å²) in [6.45, 7) is 5.47. The summed E-state index contributed by atoms with van der Waals surface area (Å²) < 4.78 is 4.84. The zero-order chi connectivity index (χ0) is 8.15. The van der Waals surface area contributed by atoms with Gasteiger partial charge in [-0.2, -0.15) is 0 Å². The smallest absolute Gasteiger partial charge is 0.109 e. The number of aliphatic hydroxyl groups is 1. The Bertz CT molecular complexity index is 114. The van der Waals surface area contributed by atoms with Gasteiger partial charge in [-0.15, -0.1) is 0 Å². The Hall–Kier alpha value is -0.275. The van der Waals surface area contributed by atoms with E-state index >= 15 is 0 Å². The molecule has 0 aromatic heterocycles. The minimum atomic E-state index is -0.361. The topological polar surface area (TPSA) is 29.5 Å². The van der Waals surface area contributed by atoms with Crippen LogP contribution in [0, 0.1) is 5.92 Å². The first-order valence-corrected chi connectivity index (χ1v) is 3.20. The molecular formula is C7H13BO2. The summed E-state index contributed by atoms with van der Waals surface area (Å²) in [6, 6.07) is -0.361. The molecule has 0 heterocycles. The molecule has 0 aromatic rings. The van der Waals surface area contributed by atoms with Crippen LogP contribution in [0.2, 0.25) is 0 Å². The van der Waals surface area contributed by atoms with Gasteiger partial charge in [0, 0.05) is 13.1 Å². The van der Waals surface area contributed by atoms with E-state index in [2.05, 4.69) is 6.58 Å². The number of aliphatic hydroxyl groups excluding tert-OH is 1. The Morgan fingerprint density at radius 1 is 1.80 bits per heavy atom. The lowest BCUT2D eigenvalue weighted by Gasteiger charge is -2.19. The van der Waals surface area contributed by atoms with Crippen molar-refractivity contribution in [1.29, 1.82) is 0 Å². The van der Waals surface area contributed by atoms with Gasteiger partial charge in [-0.3, -0.25) is 0 Å². The summed E-state index contributed by atoms with van der Waals surface area (Å²) in [6.07, 6.45) is 0. The Balaban J connectivity index is 3.81. The van der Waals surface area contributed by atoms with Crippen molar-refractivity contribution in [1.82, 2.24) is 0 Å². The molecule has 0 rings (SSSR count). The van der Waals surface area contributed by atoms with E-state index in [1.54, 1.807) is 0 Å². The van der Waals surface area contributed by atoms with Crippen LogP contribution in [-0.4, -0.2) is 32.7 Å². The number of hydrogen-bond donors (Lipinski definition) is 1. The Kier molecular flexibility index (Phi) is 4.40. The first kappa shape index (κ1) is 9.72. The lowest BCUT2D eigenvalue weighted by Crippen LogP contribution is -2.22. The molecule has 2 radical (unpaired) electrons. The van der Waals surface area contributed by atoms with Crippen LogP contribution in [0.4, 0.5) is 0 Å². The molecule has 2 atom stereocenters. The van der Waals surface area contributed by atoms with Crippen LogP contribution in [0.5, 0.6) is 0 Å². The fourth-order valence-electron chi connectivity index (χ4n) is 0.580. The van der Waals surface area contributed by atoms with Gasteiger partial charge in [0.1, 0.15) is 7.85 Å². The predicted octanol–water partition coefficient (Wildman–Crippen LogP) is 0.312. The van der Waals surface area contributed by atoms with E-state index in [0.29, 0.717) is 5.57 Å². The highest BCUT2D eigenvalue weighted by Crippen LogP contribution is 2.11. The summed E-state index contributed by atoms with van der Waals surface area (Å²) >= 11 is 0. The van der Waals surface area contributed by atoms with Crippen molar-refractivity contribution in [3.05, 3.63) is 12.2 Å². The summed E-state index contributed by atoms with van der Waals surface area (Å²) in [5, 5.41) is 8.64. The largest absolute Gasteiger partial charge is 0.392 e. The zero-order valence-corrected chi connectivity index (χ0v) is 6.50. The second-order valence-electron chi connectivity index (χ2n) is 2.31. The first-order valence-electron chi connectivity index (χ1n) is 3.20. The van der Waals surface area contributed by atoms with Gasteiger partial charge in [0.15, 0.2) is 0 Å². The van der Waals surface area contributed by atoms with Crippen LogP contribution in [-0.2, 0) is 4.74 Å². The normalized spacial score (nSPS) is 16.3. The molecule has 0 saturated carbocycles. The van der Waals surface area contributed by atoms with Gasteiger partial charge in [-0.05, 0) is 11.5 Å². The number of hydrogen-bond acceptors (Lipinski definition) is 2. The van der Waals surface area contributed by atoms with Crippen molar-refractivity contribution in [2.45, 2.75) is 12.9 Å². The molecule has 0 bridgehead atoms. The minimum absolute atomic E-state index is 0.00926. The maximum Gasteiger partial charge on any atom is 0.109 e. The summed E-state index contributed by atoms with van der Waals surface area (Å²) in [5.41, 5.74) is 0.703. The monoisotopic (exact) mass is 140 g/mol. The van der Waals surface area contributed by atoms with Gasteiger partial charge in [-0.1, -0.05) is 13.5 Å². The van der Waals surface area contributed by atoms with Crippen LogP contribution in [0.25, 0.3) is 0 Å². The molecule has 0 aliphatic carbocycles. The lowest BCUT2D eigenvalue weighted by molar-refractivity contribution is 0.130. The molecule has 10 heavy (non-hydrogen) atoms. The Morgan fingerprint density at radius 2 is 2.30 bits per heavy atom. The average Bonchev–Trinajstić information content (AvgIpc) is 2.00. The highest BCUT2D eigenvalue weighted by atomic mass is 16.5. The lowest BCUT2D eigenvalue weighted by atomic mass is 9.84. The first-order chi connectivity index (χ1) is 4.63. The van der Waals surface area contributed by atoms with Gasteiger partial charge >= 0.3 is 0 Å². The van der Waals surface area contributed by atoms with Crippen molar-refractivity contribution < 1.29 is 9.84 Å². The molecule has 0 spiro atoms. The van der Waals surface area contributed by atoms with Gasteiger partial charge in [0.05, 0.1) is 6.61 Å². The van der Waals surface area contributed by atoms with Crippen LogP contribution in [0.1, 0.15) is 6.92 Å². The third-order valence-electron chi connectivity index (χ3n) is 1.61. The van der Waals surface area contributed by atoms with Crippen molar-refractivity contribution in [3.8, 4) is 0 Å². The molecule has 2 unspecified atom stereocenters. The van der Waals surface area contributed by atoms with Crippen LogP contribution < -0.4 is 0 Å². The molecule has 1 N–H and O–H groups in total. The summed E-state index contributed by atoms with van der Waals surface area (Å²) in [5.74, 6) is 0.00926. The van der Waals surface area contributed by atoms with E-state index in [1.807, 2.05) is 6.92 Å². The van der Waals surface area contributed by atoms with Crippen LogP contribution >= 0.6 is 0 Å². The third kappa shape index (κ3) is 2.54. The highest BCUT2D eigenvalue weighted by molar-refractivity contribution is 6.11. The number of ether oxygens (including phenoxy) is 1. The second-order valence-corrected chi connectivity index (χ2v) is 2.31. The number of methoxy groups -OCH3 is 1. The fraction of sp³-hybridized carbons (Fsp3) is 0.714. The SMILES string of the molecule is [B]C(OC)C(C)C(=C)CO. The molecule has 0 saturated heterocycles. The van der Waals surface area contributed by atoms with Crippen molar-refractivity contribution in [3.63, 3.8) is 0 Å². The van der Waals surface area contributed by atoms with E-state index in [1.165, 1.54) is 7.11 Å². The van der Waals surface area contributed by atoms with E-state index < -0.39 is 0 Å². The van der Waals surface area contributed by atoms with Crippen LogP contribution in [0.3, 0.4) is 0 Å². The quantitative estimate of drug-likeness (QED) is 0.449. The Morgan fingerprint density at radius 3 is 2.60 bits per heavy atom. The van der Waals surface area contributed by atoms with E-state index in [-0.39, 0.29) is 18.5 Å². The summed E-state index contributed by atoms with van der Waals surface area (Å²) in [7, 11) is 7.03. The molecule has 0 fully saturated rings. The zero-order valence-electron chi connectivity index (χ0n) is 6.50. The number of rotatable bonds is 4. The van der Waals surface area contributed by atoms with Gasteiger partial charge in [0.2, 0.25) is 0 Å². The maximum absolute atomic E-state index is 8.64. The minimum Gasteiger partial charge on any atom is -0.392 e. The average molecular weight is 140 g/mol. The molecular weight excluding hydrogens is 127 g/mol. The van der Waals surface area contributed by atoms with E-state index in [9.17, 15) is 0 Å². The molecule has 0 aromatic carbocycles. The van der Waals surface area contributed by atoms with Gasteiger partial charge < -0.3 is 9.84 Å². The summed E-state index contributed by atoms with van der Waals surface area (Å²) in [4.78, 5) is 0. The molecule has 0 amide bonds. The van der Waals surface area contributed by atoms with Gasteiger partial charge in [-0.25, -0.2) is 0 Å². The van der Waals surface area contributed by atoms with Crippen molar-refractivity contribution in [2.24, 2.45) is 5.92 Å². The molecule has 0 aliphatic heterocycles. The van der Waals surface area contributed by atoms with Gasteiger partial charge in [0.25, 0.3) is 0 Å². The predicted molar refractivity (Wildman–Crippen MR) is 41.9 cm³/mol. The van der Waals surface area contributed by atoms with E-state index in [4.69, 9.17) is 17.7 Å². The van der Waals surface area contributed by atoms with Crippen LogP contribution in [0.15, 0.2) is 12.2 Å². The van der Waals surface area contributed by atoms with E-state index in [0.717, 1.165) is 0 Å². The third-order valence-corrected chi connectivity index (χ3v) is 1.61. The second kappa shape index (κ2) is 4.53. The van der Waals surface area contributed by atoms with Crippen molar-refractivity contribution in [2.75, 3.05) is 13.7 Å². The molecule has 56 valence electrons. The Labute approximate surface area is 63.3 Å². The van der Waals surface area contributed by atoms with Crippen molar-refractivity contribution >= 4 is 7.85 Å². The highest BCUT2D eigenvalue weighted by Gasteiger charge is 2.12. The standard InChI is InChI=1S/C7H13BO2/c1-5(4-9)6(2)7(8)10-3/h6-7,9H,1,4H2,2-3H3. The maximum atomic E-state index is 8.64. The fourth-order valence-corrected chi connectivity index (χ4v) is 0.580. The molecule has 0 aliphatic rings. The molecule has 2 nitrogen and oxygen atoms in total. The molecule has 3 heteroatoms.